The predicted octanol–water partition coefficient (Wildman–Crippen LogP) is 4.28. The monoisotopic (exact) mass is 482 g/mol. The highest BCUT2D eigenvalue weighted by molar-refractivity contribution is 6.00. The molecule has 5 aromatic rings. The summed E-state index contributed by atoms with van der Waals surface area (Å²) in [5.74, 6) is 1.26. The molecule has 0 aliphatic rings. The number of aromatic nitrogens is 7. The van der Waals surface area contributed by atoms with E-state index >= 15 is 0 Å². The number of Topliss-reactive ketones (excluding diaryl/α,β-unsaturated/α-hetero) is 1. The molecule has 0 saturated heterocycles. The summed E-state index contributed by atoms with van der Waals surface area (Å²) in [6.07, 6.45) is 3.48. The zero-order chi connectivity index (χ0) is 25.2. The maximum atomic E-state index is 12.4. The van der Waals surface area contributed by atoms with Crippen LogP contribution in [0.5, 0.6) is 0 Å². The first-order chi connectivity index (χ1) is 17.4. The minimum absolute atomic E-state index is 0.0569. The first-order valence-electron chi connectivity index (χ1n) is 11.5. The largest absolute Gasteiger partial charge is 0.383 e. The lowest BCUT2D eigenvalue weighted by molar-refractivity contribution is 0.101. The SMILES string of the molecule is COCCn1ncc(-c2nc(-n3cnc4cc(Nc5ccc(C)nn5)ccc43)ccc2C(C)=O)c1C. The van der Waals surface area contributed by atoms with Crippen molar-refractivity contribution < 1.29 is 9.53 Å². The molecule has 0 bridgehead atoms. The summed E-state index contributed by atoms with van der Waals surface area (Å²) in [6, 6.07) is 13.3. The van der Waals surface area contributed by atoms with Crippen LogP contribution in [0.15, 0.2) is 55.0 Å². The van der Waals surface area contributed by atoms with Gasteiger partial charge in [0.15, 0.2) is 11.6 Å². The van der Waals surface area contributed by atoms with E-state index in [1.165, 1.54) is 0 Å². The second kappa shape index (κ2) is 9.67. The van der Waals surface area contributed by atoms with Crippen LogP contribution in [-0.2, 0) is 11.3 Å². The molecule has 4 heterocycles. The molecule has 0 aliphatic carbocycles. The summed E-state index contributed by atoms with van der Waals surface area (Å²) in [5.41, 5.74) is 6.26. The molecule has 1 N–H and O–H groups in total. The third kappa shape index (κ3) is 4.46. The molecular formula is C26H26N8O2. The van der Waals surface area contributed by atoms with Crippen LogP contribution in [0.25, 0.3) is 28.1 Å². The smallest absolute Gasteiger partial charge is 0.161 e. The molecule has 10 heteroatoms. The van der Waals surface area contributed by atoms with E-state index in [0.29, 0.717) is 36.0 Å². The molecule has 5 rings (SSSR count). The average Bonchev–Trinajstić information content (AvgIpc) is 3.46. The van der Waals surface area contributed by atoms with Crippen LogP contribution in [-0.4, -0.2) is 54.0 Å². The van der Waals surface area contributed by atoms with Crippen molar-refractivity contribution in [2.45, 2.75) is 27.3 Å². The molecule has 0 radical (unpaired) electrons. The lowest BCUT2D eigenvalue weighted by Crippen LogP contribution is -2.08. The van der Waals surface area contributed by atoms with Gasteiger partial charge in [0.1, 0.15) is 12.1 Å². The van der Waals surface area contributed by atoms with Gasteiger partial charge < -0.3 is 10.1 Å². The van der Waals surface area contributed by atoms with E-state index in [4.69, 9.17) is 9.72 Å². The van der Waals surface area contributed by atoms with Crippen molar-refractivity contribution in [2.75, 3.05) is 19.0 Å². The minimum Gasteiger partial charge on any atom is -0.383 e. The number of benzene rings is 1. The van der Waals surface area contributed by atoms with Gasteiger partial charge in [0.25, 0.3) is 0 Å². The number of nitrogens with one attached hydrogen (secondary N) is 1. The fourth-order valence-electron chi connectivity index (χ4n) is 4.04. The van der Waals surface area contributed by atoms with Crippen molar-refractivity contribution in [1.29, 1.82) is 0 Å². The van der Waals surface area contributed by atoms with Gasteiger partial charge in [-0.25, -0.2) is 9.97 Å². The zero-order valence-electron chi connectivity index (χ0n) is 20.6. The Labute approximate surface area is 208 Å². The molecule has 0 amide bonds. The van der Waals surface area contributed by atoms with E-state index in [-0.39, 0.29) is 5.78 Å². The van der Waals surface area contributed by atoms with Crippen LogP contribution in [0, 0.1) is 13.8 Å². The Balaban J connectivity index is 1.52. The van der Waals surface area contributed by atoms with Crippen LogP contribution in [0.4, 0.5) is 11.5 Å². The molecule has 0 unspecified atom stereocenters. The van der Waals surface area contributed by atoms with Gasteiger partial charge in [-0.15, -0.1) is 5.10 Å². The topological polar surface area (TPSA) is 113 Å². The number of ketones is 1. The van der Waals surface area contributed by atoms with Gasteiger partial charge in [0.2, 0.25) is 0 Å². The Morgan fingerprint density at radius 3 is 2.69 bits per heavy atom. The summed E-state index contributed by atoms with van der Waals surface area (Å²) < 4.78 is 8.94. The molecule has 10 nitrogen and oxygen atoms in total. The third-order valence-electron chi connectivity index (χ3n) is 5.99. The molecule has 1 aromatic carbocycles. The van der Waals surface area contributed by atoms with Crippen molar-refractivity contribution in [3.05, 3.63) is 71.9 Å². The number of ether oxygens (including phenoxy) is 1. The highest BCUT2D eigenvalue weighted by Gasteiger charge is 2.18. The van der Waals surface area contributed by atoms with Gasteiger partial charge >= 0.3 is 0 Å². The van der Waals surface area contributed by atoms with Crippen LogP contribution in [0.2, 0.25) is 0 Å². The van der Waals surface area contributed by atoms with Crippen LogP contribution < -0.4 is 5.32 Å². The number of hydrogen-bond acceptors (Lipinski definition) is 8. The number of imidazole rings is 1. The lowest BCUT2D eigenvalue weighted by Gasteiger charge is -2.11. The van der Waals surface area contributed by atoms with Crippen LogP contribution in [0.3, 0.4) is 0 Å². The van der Waals surface area contributed by atoms with E-state index in [0.717, 1.165) is 33.7 Å². The minimum atomic E-state index is -0.0569. The van der Waals surface area contributed by atoms with Gasteiger partial charge in [-0.1, -0.05) is 0 Å². The Morgan fingerprint density at radius 2 is 1.94 bits per heavy atom. The van der Waals surface area contributed by atoms with Crippen molar-refractivity contribution in [3.8, 4) is 17.1 Å². The standard InChI is InChI=1S/C26H26N8O2/c1-16-5-9-24(32-31-16)29-19-6-8-23-22(13-19)27-15-33(23)25-10-7-20(18(3)35)26(30-25)21-14-28-34(17(21)2)11-12-36-4/h5-10,13-15H,11-12H2,1-4H3,(H,29,32). The van der Waals surface area contributed by atoms with Gasteiger partial charge in [-0.05, 0) is 63.2 Å². The predicted molar refractivity (Wildman–Crippen MR) is 137 cm³/mol. The number of nitrogens with zero attached hydrogens (tertiary/aromatic N) is 7. The van der Waals surface area contributed by atoms with Crippen LogP contribution >= 0.6 is 0 Å². The molecule has 182 valence electrons. The first-order valence-corrected chi connectivity index (χ1v) is 11.5. The highest BCUT2D eigenvalue weighted by atomic mass is 16.5. The van der Waals surface area contributed by atoms with Crippen LogP contribution in [0.1, 0.15) is 28.7 Å². The third-order valence-corrected chi connectivity index (χ3v) is 5.99. The molecule has 0 saturated carbocycles. The maximum Gasteiger partial charge on any atom is 0.161 e. The quantitative estimate of drug-likeness (QED) is 0.326. The van der Waals surface area contributed by atoms with Crippen molar-refractivity contribution >= 4 is 28.3 Å². The number of carbonyl (C=O) groups excluding carboxylic acids is 1. The molecule has 0 fully saturated rings. The molecule has 4 aromatic heterocycles. The van der Waals surface area contributed by atoms with Crippen molar-refractivity contribution in [2.24, 2.45) is 0 Å². The molecule has 0 atom stereocenters. The van der Waals surface area contributed by atoms with Crippen molar-refractivity contribution in [1.82, 2.24) is 34.5 Å². The fraction of sp³-hybridized carbons (Fsp3) is 0.231. The summed E-state index contributed by atoms with van der Waals surface area (Å²) in [5, 5.41) is 16.0. The zero-order valence-corrected chi connectivity index (χ0v) is 20.6. The Morgan fingerprint density at radius 1 is 1.08 bits per heavy atom. The number of fused-ring (bicyclic) bond motifs is 1. The number of carbonyl (C=O) groups is 1. The molecular weight excluding hydrogens is 456 g/mol. The number of rotatable bonds is 8. The number of anilines is 2. The highest BCUT2D eigenvalue weighted by Crippen LogP contribution is 2.28. The Hall–Kier alpha value is -4.44. The summed E-state index contributed by atoms with van der Waals surface area (Å²) >= 11 is 0. The first kappa shape index (κ1) is 23.3. The summed E-state index contributed by atoms with van der Waals surface area (Å²) in [6.45, 7) is 6.57. The normalized spacial score (nSPS) is 11.2. The van der Waals surface area contributed by atoms with E-state index < -0.39 is 0 Å². The summed E-state index contributed by atoms with van der Waals surface area (Å²) in [4.78, 5) is 21.9. The van der Waals surface area contributed by atoms with Gasteiger partial charge in [0, 0.05) is 29.6 Å². The van der Waals surface area contributed by atoms with Crippen molar-refractivity contribution in [3.63, 3.8) is 0 Å². The molecule has 0 spiro atoms. The number of methoxy groups -OCH3 is 1. The summed E-state index contributed by atoms with van der Waals surface area (Å²) in [7, 11) is 1.66. The second-order valence-corrected chi connectivity index (χ2v) is 8.48. The number of hydrogen-bond donors (Lipinski definition) is 1. The van der Waals surface area contributed by atoms with Gasteiger partial charge in [0.05, 0.1) is 41.8 Å². The Bertz CT molecular complexity index is 1550. The fourth-order valence-corrected chi connectivity index (χ4v) is 4.04. The lowest BCUT2D eigenvalue weighted by atomic mass is 10.0. The number of aryl methyl sites for hydroxylation is 1. The van der Waals surface area contributed by atoms with E-state index in [1.54, 1.807) is 26.6 Å². The van der Waals surface area contributed by atoms with E-state index in [9.17, 15) is 4.79 Å². The average molecular weight is 483 g/mol. The van der Waals surface area contributed by atoms with E-state index in [2.05, 4.69) is 25.6 Å². The van der Waals surface area contributed by atoms with Gasteiger partial charge in [-0.2, -0.15) is 10.2 Å². The van der Waals surface area contributed by atoms with E-state index in [1.807, 2.05) is 65.6 Å². The van der Waals surface area contributed by atoms with Gasteiger partial charge in [-0.3, -0.25) is 14.0 Å². The number of pyridine rings is 1. The molecule has 0 aliphatic heterocycles. The second-order valence-electron chi connectivity index (χ2n) is 8.48. The Kier molecular flexibility index (Phi) is 6.26. The molecule has 36 heavy (non-hydrogen) atoms. The maximum absolute atomic E-state index is 12.4.